The number of ether oxygens (including phenoxy) is 1. The molecule has 6 nitrogen and oxygen atoms in total. The molecule has 0 spiro atoms. The lowest BCUT2D eigenvalue weighted by Crippen LogP contribution is -2.20. The molecule has 0 aliphatic rings. The zero-order chi connectivity index (χ0) is 13.1. The van der Waals surface area contributed by atoms with Crippen LogP contribution in [0.25, 0.3) is 11.0 Å². The minimum absolute atomic E-state index is 0.138. The van der Waals surface area contributed by atoms with Gasteiger partial charge >= 0.3 is 0 Å². The SMILES string of the molecule is NC(=O)COCCn1c(N)nc2cc(F)ccc21. The second-order valence-electron chi connectivity index (χ2n) is 3.77. The van der Waals surface area contributed by atoms with Crippen molar-refractivity contribution in [1.82, 2.24) is 9.55 Å². The van der Waals surface area contributed by atoms with Gasteiger partial charge in [-0.2, -0.15) is 0 Å². The number of nitrogens with two attached hydrogens (primary N) is 2. The maximum absolute atomic E-state index is 13.0. The highest BCUT2D eigenvalue weighted by Crippen LogP contribution is 2.18. The Labute approximate surface area is 102 Å². The van der Waals surface area contributed by atoms with Crippen LogP contribution in [0.1, 0.15) is 0 Å². The lowest BCUT2D eigenvalue weighted by Gasteiger charge is -2.06. The normalized spacial score (nSPS) is 10.9. The quantitative estimate of drug-likeness (QED) is 0.746. The van der Waals surface area contributed by atoms with Crippen LogP contribution in [0.3, 0.4) is 0 Å². The van der Waals surface area contributed by atoms with Gasteiger partial charge in [-0.3, -0.25) is 4.79 Å². The first-order valence-corrected chi connectivity index (χ1v) is 5.35. The number of carbonyl (C=O) groups is 1. The molecular formula is C11H13FN4O2. The van der Waals surface area contributed by atoms with E-state index >= 15 is 0 Å². The van der Waals surface area contributed by atoms with Gasteiger partial charge in [-0.25, -0.2) is 9.37 Å². The van der Waals surface area contributed by atoms with E-state index in [0.717, 1.165) is 5.52 Å². The largest absolute Gasteiger partial charge is 0.370 e. The molecule has 0 bridgehead atoms. The summed E-state index contributed by atoms with van der Waals surface area (Å²) in [5.41, 5.74) is 11.9. The van der Waals surface area contributed by atoms with Crippen molar-refractivity contribution >= 4 is 22.9 Å². The Morgan fingerprint density at radius 3 is 3.00 bits per heavy atom. The molecule has 0 aliphatic heterocycles. The topological polar surface area (TPSA) is 96.2 Å². The van der Waals surface area contributed by atoms with Crippen LogP contribution in [-0.4, -0.2) is 28.7 Å². The van der Waals surface area contributed by atoms with E-state index in [9.17, 15) is 9.18 Å². The molecule has 0 radical (unpaired) electrons. The fourth-order valence-corrected chi connectivity index (χ4v) is 1.69. The predicted molar refractivity (Wildman–Crippen MR) is 64.1 cm³/mol. The Balaban J connectivity index is 2.12. The van der Waals surface area contributed by atoms with Gasteiger partial charge in [0.1, 0.15) is 12.4 Å². The van der Waals surface area contributed by atoms with Gasteiger partial charge in [0.25, 0.3) is 0 Å². The second-order valence-corrected chi connectivity index (χ2v) is 3.77. The first-order valence-electron chi connectivity index (χ1n) is 5.35. The number of nitrogens with zero attached hydrogens (tertiary/aromatic N) is 2. The molecular weight excluding hydrogens is 239 g/mol. The van der Waals surface area contributed by atoms with Crippen molar-refractivity contribution in [2.45, 2.75) is 6.54 Å². The third-order valence-electron chi connectivity index (χ3n) is 2.44. The van der Waals surface area contributed by atoms with E-state index in [0.29, 0.717) is 12.1 Å². The summed E-state index contributed by atoms with van der Waals surface area (Å²) in [7, 11) is 0. The Kier molecular flexibility index (Phi) is 3.42. The fraction of sp³-hybridized carbons (Fsp3) is 0.273. The van der Waals surface area contributed by atoms with Crippen LogP contribution < -0.4 is 11.5 Å². The van der Waals surface area contributed by atoms with E-state index in [-0.39, 0.29) is 25.0 Å². The zero-order valence-electron chi connectivity index (χ0n) is 9.60. The standard InChI is InChI=1S/C11H13FN4O2/c12-7-1-2-9-8(5-7)15-11(14)16(9)3-4-18-6-10(13)17/h1-2,5H,3-4,6H2,(H2,13,17)(H2,14,15). The molecule has 1 aromatic heterocycles. The first-order chi connectivity index (χ1) is 8.58. The summed E-state index contributed by atoms with van der Waals surface area (Å²) in [4.78, 5) is 14.5. The van der Waals surface area contributed by atoms with Crippen LogP contribution >= 0.6 is 0 Å². The average Bonchev–Trinajstić information content (AvgIpc) is 2.59. The molecule has 1 aromatic carbocycles. The molecule has 2 aromatic rings. The molecule has 2 rings (SSSR count). The number of anilines is 1. The van der Waals surface area contributed by atoms with Gasteiger partial charge in [0.05, 0.1) is 17.6 Å². The van der Waals surface area contributed by atoms with Crippen molar-refractivity contribution in [3.63, 3.8) is 0 Å². The van der Waals surface area contributed by atoms with E-state index < -0.39 is 5.91 Å². The zero-order valence-corrected chi connectivity index (χ0v) is 9.60. The number of primary amides is 1. The molecule has 0 unspecified atom stereocenters. The van der Waals surface area contributed by atoms with Crippen molar-refractivity contribution < 1.29 is 13.9 Å². The number of imidazole rings is 1. The number of nitrogen functional groups attached to an aromatic ring is 1. The Bertz CT molecular complexity index is 582. The molecule has 7 heteroatoms. The lowest BCUT2D eigenvalue weighted by molar-refractivity contribution is -0.122. The molecule has 1 amide bonds. The van der Waals surface area contributed by atoms with E-state index in [1.165, 1.54) is 12.1 Å². The van der Waals surface area contributed by atoms with E-state index in [2.05, 4.69) is 4.98 Å². The van der Waals surface area contributed by atoms with Gasteiger partial charge in [-0.05, 0) is 12.1 Å². The molecule has 0 saturated carbocycles. The minimum Gasteiger partial charge on any atom is -0.370 e. The predicted octanol–water partition coefficient (Wildman–Crippen LogP) is 0.259. The van der Waals surface area contributed by atoms with Crippen LogP contribution in [0.15, 0.2) is 18.2 Å². The highest BCUT2D eigenvalue weighted by atomic mass is 19.1. The lowest BCUT2D eigenvalue weighted by atomic mass is 10.3. The second kappa shape index (κ2) is 5.01. The van der Waals surface area contributed by atoms with Crippen LogP contribution in [-0.2, 0) is 16.1 Å². The van der Waals surface area contributed by atoms with Gasteiger partial charge in [-0.1, -0.05) is 0 Å². The van der Waals surface area contributed by atoms with Crippen molar-refractivity contribution in [3.05, 3.63) is 24.0 Å². The first kappa shape index (κ1) is 12.3. The number of carbonyl (C=O) groups excluding carboxylic acids is 1. The fourth-order valence-electron chi connectivity index (χ4n) is 1.69. The molecule has 0 fully saturated rings. The highest BCUT2D eigenvalue weighted by molar-refractivity contribution is 5.78. The van der Waals surface area contributed by atoms with Gasteiger partial charge in [0, 0.05) is 12.6 Å². The van der Waals surface area contributed by atoms with Gasteiger partial charge in [-0.15, -0.1) is 0 Å². The number of amides is 1. The van der Waals surface area contributed by atoms with Crippen LogP contribution in [0, 0.1) is 5.82 Å². The van der Waals surface area contributed by atoms with Gasteiger partial charge in [0.2, 0.25) is 11.9 Å². The highest BCUT2D eigenvalue weighted by Gasteiger charge is 2.08. The van der Waals surface area contributed by atoms with Gasteiger partial charge < -0.3 is 20.8 Å². The van der Waals surface area contributed by atoms with Crippen LogP contribution in [0.4, 0.5) is 10.3 Å². The summed E-state index contributed by atoms with van der Waals surface area (Å²) in [5.74, 6) is -0.615. The number of aromatic nitrogens is 2. The maximum Gasteiger partial charge on any atom is 0.243 e. The van der Waals surface area contributed by atoms with Crippen molar-refractivity contribution in [2.24, 2.45) is 5.73 Å². The number of benzene rings is 1. The molecule has 0 saturated heterocycles. The number of fused-ring (bicyclic) bond motifs is 1. The third-order valence-corrected chi connectivity index (χ3v) is 2.44. The summed E-state index contributed by atoms with van der Waals surface area (Å²) >= 11 is 0. The summed E-state index contributed by atoms with van der Waals surface area (Å²) in [5, 5.41) is 0. The Morgan fingerprint density at radius 1 is 1.50 bits per heavy atom. The van der Waals surface area contributed by atoms with E-state index in [1.807, 2.05) is 0 Å². The van der Waals surface area contributed by atoms with Crippen molar-refractivity contribution in [1.29, 1.82) is 0 Å². The minimum atomic E-state index is -0.527. The summed E-state index contributed by atoms with van der Waals surface area (Å²) < 4.78 is 19.7. The average molecular weight is 252 g/mol. The summed E-state index contributed by atoms with van der Waals surface area (Å²) in [6.45, 7) is 0.554. The molecule has 0 aliphatic carbocycles. The van der Waals surface area contributed by atoms with Gasteiger partial charge in [0.15, 0.2) is 0 Å². The monoisotopic (exact) mass is 252 g/mol. The third kappa shape index (κ3) is 2.57. The molecule has 18 heavy (non-hydrogen) atoms. The van der Waals surface area contributed by atoms with E-state index in [1.54, 1.807) is 10.6 Å². The van der Waals surface area contributed by atoms with E-state index in [4.69, 9.17) is 16.2 Å². The molecule has 1 heterocycles. The molecule has 96 valence electrons. The number of hydrogen-bond acceptors (Lipinski definition) is 4. The summed E-state index contributed by atoms with van der Waals surface area (Å²) in [6, 6.07) is 4.25. The van der Waals surface area contributed by atoms with Crippen LogP contribution in [0.2, 0.25) is 0 Å². The summed E-state index contributed by atoms with van der Waals surface area (Å²) in [6.07, 6.45) is 0. The Hall–Kier alpha value is -2.15. The maximum atomic E-state index is 13.0. The number of halogens is 1. The van der Waals surface area contributed by atoms with Crippen LogP contribution in [0.5, 0.6) is 0 Å². The van der Waals surface area contributed by atoms with Crippen molar-refractivity contribution in [3.8, 4) is 0 Å². The smallest absolute Gasteiger partial charge is 0.243 e. The molecule has 4 N–H and O–H groups in total. The van der Waals surface area contributed by atoms with Crippen molar-refractivity contribution in [2.75, 3.05) is 18.9 Å². The Morgan fingerprint density at radius 2 is 2.28 bits per heavy atom. The number of hydrogen-bond donors (Lipinski definition) is 2. The number of rotatable bonds is 5. The molecule has 0 atom stereocenters.